The first-order chi connectivity index (χ1) is 15.3. The van der Waals surface area contributed by atoms with Crippen molar-refractivity contribution in [3.63, 3.8) is 0 Å². The van der Waals surface area contributed by atoms with E-state index in [9.17, 15) is 23.6 Å². The minimum atomic E-state index is -4.22. The molecular formula is C23H23NO7S. The lowest BCUT2D eigenvalue weighted by Gasteiger charge is -2.15. The first-order valence-electron chi connectivity index (χ1n) is 9.91. The lowest BCUT2D eigenvalue weighted by molar-refractivity contribution is -0.386. The van der Waals surface area contributed by atoms with E-state index in [1.54, 1.807) is 19.1 Å². The van der Waals surface area contributed by atoms with Gasteiger partial charge in [0, 0.05) is 6.61 Å². The molecular weight excluding hydrogens is 434 g/mol. The Bertz CT molecular complexity index is 1190. The van der Waals surface area contributed by atoms with Gasteiger partial charge >= 0.3 is 15.8 Å². The Morgan fingerprint density at radius 3 is 2.38 bits per heavy atom. The van der Waals surface area contributed by atoms with E-state index in [1.807, 2.05) is 30.3 Å². The van der Waals surface area contributed by atoms with Gasteiger partial charge in [0.2, 0.25) is 0 Å². The zero-order valence-corrected chi connectivity index (χ0v) is 18.2. The second kappa shape index (κ2) is 10.3. The molecule has 9 heteroatoms. The highest BCUT2D eigenvalue weighted by Gasteiger charge is 2.28. The molecule has 0 aliphatic rings. The van der Waals surface area contributed by atoms with Crippen molar-refractivity contribution in [1.29, 1.82) is 0 Å². The second-order valence-electron chi connectivity index (χ2n) is 7.10. The van der Waals surface area contributed by atoms with Gasteiger partial charge in [-0.25, -0.2) is 0 Å². The summed E-state index contributed by atoms with van der Waals surface area (Å²) in [4.78, 5) is 11.2. The molecule has 0 heterocycles. The van der Waals surface area contributed by atoms with E-state index >= 15 is 0 Å². The quantitative estimate of drug-likeness (QED) is 0.276. The summed E-state index contributed by atoms with van der Waals surface area (Å²) < 4.78 is 36.6. The molecule has 0 aliphatic carbocycles. The molecule has 0 amide bonds. The van der Waals surface area contributed by atoms with E-state index < -0.39 is 15.0 Å². The molecule has 1 N–H and O–H groups in total. The van der Waals surface area contributed by atoms with Crippen LogP contribution in [-0.2, 0) is 23.1 Å². The van der Waals surface area contributed by atoms with Crippen LogP contribution in [0.1, 0.15) is 23.1 Å². The predicted octanol–water partition coefficient (Wildman–Crippen LogP) is 4.17. The number of hydrogen-bond donors (Lipinski definition) is 1. The van der Waals surface area contributed by atoms with E-state index in [2.05, 4.69) is 0 Å². The number of ether oxygens (including phenoxy) is 1. The average Bonchev–Trinajstić information content (AvgIpc) is 2.77. The zero-order valence-electron chi connectivity index (χ0n) is 17.4. The minimum absolute atomic E-state index is 0.00732. The van der Waals surface area contributed by atoms with Crippen molar-refractivity contribution in [2.24, 2.45) is 0 Å². The van der Waals surface area contributed by atoms with Crippen LogP contribution in [0, 0.1) is 17.0 Å². The van der Waals surface area contributed by atoms with E-state index in [1.165, 1.54) is 24.3 Å². The van der Waals surface area contributed by atoms with Crippen molar-refractivity contribution < 1.29 is 27.4 Å². The van der Waals surface area contributed by atoms with Crippen LogP contribution in [0.3, 0.4) is 0 Å². The highest BCUT2D eigenvalue weighted by Crippen LogP contribution is 2.39. The fraction of sp³-hybridized carbons (Fsp3) is 0.217. The molecule has 0 aromatic heterocycles. The van der Waals surface area contributed by atoms with Gasteiger partial charge < -0.3 is 14.0 Å². The molecule has 0 saturated carbocycles. The summed E-state index contributed by atoms with van der Waals surface area (Å²) in [5.74, 6) is -0.175. The van der Waals surface area contributed by atoms with Crippen LogP contribution in [0.2, 0.25) is 0 Å². The van der Waals surface area contributed by atoms with Crippen molar-refractivity contribution in [2.45, 2.75) is 31.3 Å². The number of aliphatic hydroxyl groups is 1. The largest absolute Gasteiger partial charge is 0.482 e. The maximum Gasteiger partial charge on any atom is 0.339 e. The first-order valence-corrected chi connectivity index (χ1v) is 11.3. The van der Waals surface area contributed by atoms with Crippen molar-refractivity contribution >= 4 is 15.8 Å². The van der Waals surface area contributed by atoms with Crippen LogP contribution >= 0.6 is 0 Å². The third-order valence-electron chi connectivity index (χ3n) is 4.69. The van der Waals surface area contributed by atoms with Gasteiger partial charge in [-0.15, -0.1) is 0 Å². The third kappa shape index (κ3) is 5.63. The fourth-order valence-electron chi connectivity index (χ4n) is 3.16. The lowest BCUT2D eigenvalue weighted by Crippen LogP contribution is -2.13. The summed E-state index contributed by atoms with van der Waals surface area (Å²) in [6.45, 7) is 1.62. The summed E-state index contributed by atoms with van der Waals surface area (Å²) >= 11 is 0. The van der Waals surface area contributed by atoms with Crippen LogP contribution in [0.25, 0.3) is 0 Å². The van der Waals surface area contributed by atoms with E-state index in [0.29, 0.717) is 0 Å². The van der Waals surface area contributed by atoms with Gasteiger partial charge in [-0.05, 0) is 55.2 Å². The highest BCUT2D eigenvalue weighted by atomic mass is 32.2. The molecule has 0 bridgehead atoms. The summed E-state index contributed by atoms with van der Waals surface area (Å²) in [5.41, 5.74) is 1.21. The Morgan fingerprint density at radius 2 is 1.72 bits per heavy atom. The summed E-state index contributed by atoms with van der Waals surface area (Å²) in [6, 6.07) is 18.0. The predicted molar refractivity (Wildman–Crippen MR) is 118 cm³/mol. The molecule has 0 fully saturated rings. The van der Waals surface area contributed by atoms with Crippen molar-refractivity contribution in [3.8, 4) is 11.5 Å². The van der Waals surface area contributed by atoms with Crippen molar-refractivity contribution in [1.82, 2.24) is 0 Å². The molecule has 32 heavy (non-hydrogen) atoms. The Kier molecular flexibility index (Phi) is 7.45. The number of aliphatic hydroxyl groups excluding tert-OH is 1. The summed E-state index contributed by atoms with van der Waals surface area (Å²) in [6.07, 6.45) is 0.220. The SMILES string of the molecule is Cc1cccc(S(=O)(=O)Oc2ccc(OCc3ccccc3)c([N+](=O)[O-])c2CCCO)c1. The van der Waals surface area contributed by atoms with Gasteiger partial charge in [0.1, 0.15) is 11.5 Å². The molecule has 0 aliphatic heterocycles. The van der Waals surface area contributed by atoms with Gasteiger partial charge in [-0.1, -0.05) is 42.5 Å². The number of hydrogen-bond acceptors (Lipinski definition) is 7. The molecule has 0 radical (unpaired) electrons. The molecule has 0 unspecified atom stereocenters. The maximum atomic E-state index is 12.8. The zero-order chi connectivity index (χ0) is 23.1. The van der Waals surface area contributed by atoms with E-state index in [0.717, 1.165) is 11.1 Å². The van der Waals surface area contributed by atoms with Gasteiger partial charge in [0.15, 0.2) is 11.5 Å². The molecule has 8 nitrogen and oxygen atoms in total. The molecule has 0 spiro atoms. The lowest BCUT2D eigenvalue weighted by atomic mass is 10.1. The molecule has 3 aromatic rings. The van der Waals surface area contributed by atoms with Gasteiger partial charge in [0.25, 0.3) is 0 Å². The standard InChI is InChI=1S/C23H23NO7S/c1-17-7-5-10-19(15-17)32(28,29)31-21-12-13-22(30-16-18-8-3-2-4-9-18)23(24(26)27)20(21)11-6-14-25/h2-5,7-10,12-13,15,25H,6,11,14,16H2,1H3. The molecule has 168 valence electrons. The number of nitrogens with zero attached hydrogens (tertiary/aromatic N) is 1. The molecule has 0 atom stereocenters. The monoisotopic (exact) mass is 457 g/mol. The van der Waals surface area contributed by atoms with Gasteiger partial charge in [-0.3, -0.25) is 10.1 Å². The number of nitro groups is 1. The molecule has 3 rings (SSSR count). The highest BCUT2D eigenvalue weighted by molar-refractivity contribution is 7.87. The van der Waals surface area contributed by atoms with Crippen LogP contribution in [0.4, 0.5) is 5.69 Å². The Labute approximate surface area is 186 Å². The van der Waals surface area contributed by atoms with Gasteiger partial charge in [-0.2, -0.15) is 8.42 Å². The smallest absolute Gasteiger partial charge is 0.339 e. The maximum absolute atomic E-state index is 12.8. The Balaban J connectivity index is 2.00. The average molecular weight is 458 g/mol. The topological polar surface area (TPSA) is 116 Å². The first kappa shape index (κ1) is 23.2. The van der Waals surface area contributed by atoms with E-state index in [-0.39, 0.29) is 53.7 Å². The third-order valence-corrected chi connectivity index (χ3v) is 5.92. The fourth-order valence-corrected chi connectivity index (χ4v) is 4.23. The van der Waals surface area contributed by atoms with Crippen molar-refractivity contribution in [3.05, 3.63) is 93.5 Å². The second-order valence-corrected chi connectivity index (χ2v) is 8.65. The van der Waals surface area contributed by atoms with Crippen LogP contribution in [0.5, 0.6) is 11.5 Å². The Hall–Kier alpha value is -3.43. The Morgan fingerprint density at radius 1 is 1.00 bits per heavy atom. The number of aryl methyl sites for hydroxylation is 1. The molecule has 0 saturated heterocycles. The van der Waals surface area contributed by atoms with E-state index in [4.69, 9.17) is 8.92 Å². The van der Waals surface area contributed by atoms with Crippen LogP contribution in [0.15, 0.2) is 71.6 Å². The number of rotatable bonds is 10. The van der Waals surface area contributed by atoms with Crippen molar-refractivity contribution in [2.75, 3.05) is 6.61 Å². The van der Waals surface area contributed by atoms with Gasteiger partial charge in [0.05, 0.1) is 10.5 Å². The van der Waals surface area contributed by atoms with Crippen LogP contribution < -0.4 is 8.92 Å². The van der Waals surface area contributed by atoms with Crippen LogP contribution in [-0.4, -0.2) is 25.1 Å². The summed E-state index contributed by atoms with van der Waals surface area (Å²) in [5, 5.41) is 21.2. The minimum Gasteiger partial charge on any atom is -0.482 e. The molecule has 3 aromatic carbocycles. The summed E-state index contributed by atoms with van der Waals surface area (Å²) in [7, 11) is -4.22. The normalized spacial score (nSPS) is 11.2. The number of nitro benzene ring substituents is 1. The number of benzene rings is 3.